The van der Waals surface area contributed by atoms with Gasteiger partial charge in [0.2, 0.25) is 0 Å². The largest absolute Gasteiger partial charge is 0.506 e. The Balaban J connectivity index is 2.91. The standard InChI is InChI=1S/C10H10N2O2/c11-5-7-1-4-10(14)12-6-8(13)2-3-9(7)12/h1-4,6,13H,5,11H2. The van der Waals surface area contributed by atoms with Gasteiger partial charge in [-0.05, 0) is 17.7 Å². The molecular weight excluding hydrogens is 180 g/mol. The highest BCUT2D eigenvalue weighted by molar-refractivity contribution is 5.55. The van der Waals surface area contributed by atoms with Gasteiger partial charge in [-0.25, -0.2) is 0 Å². The molecule has 0 atom stereocenters. The lowest BCUT2D eigenvalue weighted by Crippen LogP contribution is -2.14. The van der Waals surface area contributed by atoms with E-state index in [-0.39, 0.29) is 11.3 Å². The first-order valence-electron chi connectivity index (χ1n) is 4.25. The maximum atomic E-state index is 11.4. The second kappa shape index (κ2) is 3.16. The van der Waals surface area contributed by atoms with E-state index in [9.17, 15) is 9.90 Å². The molecular formula is C10H10N2O2. The first kappa shape index (κ1) is 8.77. The summed E-state index contributed by atoms with van der Waals surface area (Å²) in [7, 11) is 0. The summed E-state index contributed by atoms with van der Waals surface area (Å²) in [5.41, 5.74) is 6.97. The maximum absolute atomic E-state index is 11.4. The van der Waals surface area contributed by atoms with E-state index in [0.29, 0.717) is 6.54 Å². The van der Waals surface area contributed by atoms with Crippen LogP contribution in [-0.4, -0.2) is 9.51 Å². The summed E-state index contributed by atoms with van der Waals surface area (Å²) >= 11 is 0. The van der Waals surface area contributed by atoms with Crippen LogP contribution in [0.5, 0.6) is 5.75 Å². The second-order valence-electron chi connectivity index (χ2n) is 3.04. The third kappa shape index (κ3) is 1.25. The van der Waals surface area contributed by atoms with E-state index < -0.39 is 0 Å². The molecule has 0 aliphatic heterocycles. The van der Waals surface area contributed by atoms with E-state index in [1.54, 1.807) is 12.1 Å². The molecule has 2 aromatic rings. The molecule has 0 saturated heterocycles. The Morgan fingerprint density at radius 3 is 2.79 bits per heavy atom. The fourth-order valence-corrected chi connectivity index (χ4v) is 1.44. The van der Waals surface area contributed by atoms with Crippen LogP contribution in [0.15, 0.2) is 35.3 Å². The molecule has 0 spiro atoms. The van der Waals surface area contributed by atoms with Gasteiger partial charge in [0.15, 0.2) is 0 Å². The molecule has 3 N–H and O–H groups in total. The third-order valence-electron chi connectivity index (χ3n) is 2.15. The molecule has 0 radical (unpaired) electrons. The van der Waals surface area contributed by atoms with Gasteiger partial charge in [-0.1, -0.05) is 6.07 Å². The lowest BCUT2D eigenvalue weighted by atomic mass is 10.2. The van der Waals surface area contributed by atoms with Crippen LogP contribution >= 0.6 is 0 Å². The SMILES string of the molecule is NCc1ccc(=O)n2cc(O)ccc12. The van der Waals surface area contributed by atoms with Crippen LogP contribution in [0.3, 0.4) is 0 Å². The predicted molar refractivity (Wildman–Crippen MR) is 53.2 cm³/mol. The van der Waals surface area contributed by atoms with Gasteiger partial charge in [0.25, 0.3) is 5.56 Å². The Labute approximate surface area is 80.2 Å². The van der Waals surface area contributed by atoms with Crippen molar-refractivity contribution in [3.8, 4) is 5.75 Å². The quantitative estimate of drug-likeness (QED) is 0.686. The average Bonchev–Trinajstić information content (AvgIpc) is 2.19. The van der Waals surface area contributed by atoms with Crippen LogP contribution in [0.1, 0.15) is 5.56 Å². The fraction of sp³-hybridized carbons (Fsp3) is 0.100. The molecule has 0 aromatic carbocycles. The minimum atomic E-state index is -0.173. The van der Waals surface area contributed by atoms with Crippen LogP contribution < -0.4 is 11.3 Å². The number of aromatic hydroxyl groups is 1. The molecule has 0 unspecified atom stereocenters. The molecule has 0 amide bonds. The van der Waals surface area contributed by atoms with E-state index >= 15 is 0 Å². The van der Waals surface area contributed by atoms with E-state index in [1.165, 1.54) is 22.7 Å². The summed E-state index contributed by atoms with van der Waals surface area (Å²) in [6, 6.07) is 6.36. The first-order chi connectivity index (χ1) is 6.72. The number of hydrogen-bond acceptors (Lipinski definition) is 3. The normalized spacial score (nSPS) is 10.6. The minimum Gasteiger partial charge on any atom is -0.506 e. The molecule has 0 aliphatic carbocycles. The summed E-state index contributed by atoms with van der Waals surface area (Å²) < 4.78 is 1.39. The molecule has 2 heterocycles. The first-order valence-corrected chi connectivity index (χ1v) is 4.25. The van der Waals surface area contributed by atoms with Crippen molar-refractivity contribution in [1.82, 2.24) is 4.40 Å². The Bertz CT molecular complexity index is 531. The highest BCUT2D eigenvalue weighted by atomic mass is 16.3. The zero-order chi connectivity index (χ0) is 10.1. The maximum Gasteiger partial charge on any atom is 0.255 e. The highest BCUT2D eigenvalue weighted by Gasteiger charge is 2.01. The number of fused-ring (bicyclic) bond motifs is 1. The van der Waals surface area contributed by atoms with Crippen LogP contribution in [-0.2, 0) is 6.54 Å². The zero-order valence-electron chi connectivity index (χ0n) is 7.47. The Morgan fingerprint density at radius 1 is 1.29 bits per heavy atom. The molecule has 4 heteroatoms. The Hall–Kier alpha value is -1.81. The van der Waals surface area contributed by atoms with Crippen molar-refractivity contribution in [2.24, 2.45) is 5.73 Å². The van der Waals surface area contributed by atoms with Crippen molar-refractivity contribution < 1.29 is 5.11 Å². The van der Waals surface area contributed by atoms with E-state index in [0.717, 1.165) is 11.1 Å². The van der Waals surface area contributed by atoms with Gasteiger partial charge in [0.05, 0.1) is 11.7 Å². The van der Waals surface area contributed by atoms with Crippen LogP contribution in [0, 0.1) is 0 Å². The van der Waals surface area contributed by atoms with Crippen molar-refractivity contribution in [3.05, 3.63) is 46.4 Å². The average molecular weight is 190 g/mol. The molecule has 0 fully saturated rings. The molecule has 14 heavy (non-hydrogen) atoms. The lowest BCUT2D eigenvalue weighted by molar-refractivity contribution is 0.471. The van der Waals surface area contributed by atoms with Gasteiger partial charge in [-0.15, -0.1) is 0 Å². The van der Waals surface area contributed by atoms with Crippen molar-refractivity contribution >= 4 is 5.52 Å². The van der Waals surface area contributed by atoms with Crippen LogP contribution in [0.25, 0.3) is 5.52 Å². The number of nitrogens with two attached hydrogens (primary N) is 1. The smallest absolute Gasteiger partial charge is 0.255 e. The number of hydrogen-bond donors (Lipinski definition) is 2. The third-order valence-corrected chi connectivity index (χ3v) is 2.15. The molecule has 0 aliphatic rings. The summed E-state index contributed by atoms with van der Waals surface area (Å²) in [4.78, 5) is 11.4. The number of pyridine rings is 2. The summed E-state index contributed by atoms with van der Waals surface area (Å²) in [6.07, 6.45) is 1.39. The molecule has 2 aromatic heterocycles. The Morgan fingerprint density at radius 2 is 2.07 bits per heavy atom. The molecule has 72 valence electrons. The van der Waals surface area contributed by atoms with Crippen molar-refractivity contribution in [2.75, 3.05) is 0 Å². The number of rotatable bonds is 1. The van der Waals surface area contributed by atoms with Crippen molar-refractivity contribution in [2.45, 2.75) is 6.54 Å². The zero-order valence-corrected chi connectivity index (χ0v) is 7.47. The number of aromatic nitrogens is 1. The van der Waals surface area contributed by atoms with Gasteiger partial charge >= 0.3 is 0 Å². The highest BCUT2D eigenvalue weighted by Crippen LogP contribution is 2.12. The van der Waals surface area contributed by atoms with Gasteiger partial charge in [0.1, 0.15) is 5.75 Å². The van der Waals surface area contributed by atoms with Crippen LogP contribution in [0.2, 0.25) is 0 Å². The number of nitrogens with zero attached hydrogens (tertiary/aromatic N) is 1. The van der Waals surface area contributed by atoms with E-state index in [4.69, 9.17) is 5.73 Å². The Kier molecular flexibility index (Phi) is 1.98. The van der Waals surface area contributed by atoms with Crippen LogP contribution in [0.4, 0.5) is 0 Å². The summed E-state index contributed by atoms with van der Waals surface area (Å²) in [6.45, 7) is 0.370. The van der Waals surface area contributed by atoms with E-state index in [2.05, 4.69) is 0 Å². The van der Waals surface area contributed by atoms with Gasteiger partial charge < -0.3 is 10.8 Å². The summed E-state index contributed by atoms with van der Waals surface area (Å²) in [5, 5.41) is 9.23. The lowest BCUT2D eigenvalue weighted by Gasteiger charge is -2.05. The summed E-state index contributed by atoms with van der Waals surface area (Å²) in [5.74, 6) is 0.0637. The monoisotopic (exact) mass is 190 g/mol. The van der Waals surface area contributed by atoms with Crippen molar-refractivity contribution in [1.29, 1.82) is 0 Å². The van der Waals surface area contributed by atoms with Gasteiger partial charge in [0, 0.05) is 12.6 Å². The second-order valence-corrected chi connectivity index (χ2v) is 3.04. The molecule has 0 bridgehead atoms. The topological polar surface area (TPSA) is 67.7 Å². The molecule has 0 saturated carbocycles. The minimum absolute atomic E-state index is 0.0637. The molecule has 4 nitrogen and oxygen atoms in total. The fourth-order valence-electron chi connectivity index (χ4n) is 1.44. The van der Waals surface area contributed by atoms with E-state index in [1.807, 2.05) is 0 Å². The van der Waals surface area contributed by atoms with Gasteiger partial charge in [-0.3, -0.25) is 9.20 Å². The van der Waals surface area contributed by atoms with Crippen molar-refractivity contribution in [3.63, 3.8) is 0 Å². The van der Waals surface area contributed by atoms with Gasteiger partial charge in [-0.2, -0.15) is 0 Å². The predicted octanol–water partition coefficient (Wildman–Crippen LogP) is 0.464. The molecule has 2 rings (SSSR count).